The summed E-state index contributed by atoms with van der Waals surface area (Å²) < 4.78 is 12.1. The van der Waals surface area contributed by atoms with Crippen LogP contribution in [0.15, 0.2) is 12.1 Å². The van der Waals surface area contributed by atoms with E-state index in [2.05, 4.69) is 20.8 Å². The van der Waals surface area contributed by atoms with Gasteiger partial charge in [0.1, 0.15) is 17.2 Å². The number of rotatable bonds is 6. The number of tetrazole rings is 1. The van der Waals surface area contributed by atoms with Gasteiger partial charge in [-0.3, -0.25) is 0 Å². The molecule has 1 aromatic heterocycles. The van der Waals surface area contributed by atoms with Crippen LogP contribution in [0.3, 0.4) is 0 Å². The molecule has 2 aromatic rings. The quantitative estimate of drug-likeness (QED) is 0.870. The van der Waals surface area contributed by atoms with Gasteiger partial charge in [0, 0.05) is 12.1 Å². The number of hydrogen-bond acceptors (Lipinski definition) is 6. The third-order valence-electron chi connectivity index (χ3n) is 2.75. The predicted molar refractivity (Wildman–Crippen MR) is 74.6 cm³/mol. The van der Waals surface area contributed by atoms with Gasteiger partial charge in [-0.15, -0.1) is 5.10 Å². The first-order chi connectivity index (χ1) is 9.71. The molecule has 0 spiro atoms. The van der Waals surface area contributed by atoms with Crippen molar-refractivity contribution in [3.63, 3.8) is 0 Å². The Morgan fingerprint density at radius 3 is 2.65 bits per heavy atom. The Balaban J connectivity index is 2.48. The zero-order chi connectivity index (χ0) is 14.5. The number of ether oxygens (including phenoxy) is 2. The molecule has 0 amide bonds. The molecule has 2 rings (SSSR count). The number of benzene rings is 1. The van der Waals surface area contributed by atoms with Crippen molar-refractivity contribution in [2.75, 3.05) is 20.8 Å². The number of halogens is 1. The van der Waals surface area contributed by atoms with Crippen LogP contribution >= 0.6 is 11.6 Å². The first-order valence-corrected chi connectivity index (χ1v) is 6.48. The number of methoxy groups -OCH3 is 2. The highest BCUT2D eigenvalue weighted by Crippen LogP contribution is 2.34. The van der Waals surface area contributed by atoms with Gasteiger partial charge in [-0.25, -0.2) is 0 Å². The van der Waals surface area contributed by atoms with Crippen LogP contribution in [0.25, 0.3) is 5.69 Å². The fourth-order valence-electron chi connectivity index (χ4n) is 1.75. The topological polar surface area (TPSA) is 74.1 Å². The molecule has 0 bridgehead atoms. The average Bonchev–Trinajstić information content (AvgIpc) is 2.92. The molecular weight excluding hydrogens is 282 g/mol. The Morgan fingerprint density at radius 1 is 1.25 bits per heavy atom. The highest BCUT2D eigenvalue weighted by atomic mass is 35.5. The number of aromatic nitrogens is 4. The van der Waals surface area contributed by atoms with E-state index < -0.39 is 0 Å². The molecule has 1 aromatic carbocycles. The Bertz CT molecular complexity index is 587. The van der Waals surface area contributed by atoms with Gasteiger partial charge < -0.3 is 14.8 Å². The summed E-state index contributed by atoms with van der Waals surface area (Å²) in [5.41, 5.74) is 0.673. The Hall–Kier alpha value is -1.86. The summed E-state index contributed by atoms with van der Waals surface area (Å²) in [6, 6.07) is 3.42. The van der Waals surface area contributed by atoms with Crippen molar-refractivity contribution in [2.45, 2.75) is 13.5 Å². The third-order valence-corrected chi connectivity index (χ3v) is 3.04. The minimum absolute atomic E-state index is 0.467. The van der Waals surface area contributed by atoms with E-state index in [4.69, 9.17) is 21.1 Å². The van der Waals surface area contributed by atoms with Crippen molar-refractivity contribution in [3.8, 4) is 17.2 Å². The fraction of sp³-hybridized carbons (Fsp3) is 0.417. The molecule has 0 radical (unpaired) electrons. The molecule has 0 atom stereocenters. The van der Waals surface area contributed by atoms with Crippen LogP contribution in [0.1, 0.15) is 12.7 Å². The highest BCUT2D eigenvalue weighted by molar-refractivity contribution is 6.32. The molecule has 1 N–H and O–H groups in total. The van der Waals surface area contributed by atoms with Crippen molar-refractivity contribution in [3.05, 3.63) is 23.0 Å². The van der Waals surface area contributed by atoms with Crippen molar-refractivity contribution in [1.29, 1.82) is 0 Å². The van der Waals surface area contributed by atoms with Gasteiger partial charge in [-0.2, -0.15) is 4.68 Å². The van der Waals surface area contributed by atoms with E-state index in [1.54, 1.807) is 31.0 Å². The second kappa shape index (κ2) is 6.53. The lowest BCUT2D eigenvalue weighted by atomic mass is 10.2. The first kappa shape index (κ1) is 14.5. The molecule has 0 aliphatic heterocycles. The van der Waals surface area contributed by atoms with Gasteiger partial charge in [0.05, 0.1) is 25.8 Å². The van der Waals surface area contributed by atoms with E-state index in [9.17, 15) is 0 Å². The summed E-state index contributed by atoms with van der Waals surface area (Å²) in [5.74, 6) is 1.78. The minimum Gasteiger partial charge on any atom is -0.495 e. The van der Waals surface area contributed by atoms with Crippen LogP contribution in [-0.4, -0.2) is 41.0 Å². The first-order valence-electron chi connectivity index (χ1n) is 6.11. The average molecular weight is 298 g/mol. The summed E-state index contributed by atoms with van der Waals surface area (Å²) in [6.07, 6.45) is 0. The Labute approximate surface area is 121 Å². The summed E-state index contributed by atoms with van der Waals surface area (Å²) in [7, 11) is 3.12. The Kier molecular flexibility index (Phi) is 4.75. The molecule has 0 aliphatic rings. The second-order valence-corrected chi connectivity index (χ2v) is 4.35. The van der Waals surface area contributed by atoms with Gasteiger partial charge in [-0.05, 0) is 17.0 Å². The third kappa shape index (κ3) is 2.83. The summed E-state index contributed by atoms with van der Waals surface area (Å²) in [5, 5.41) is 15.3. The summed E-state index contributed by atoms with van der Waals surface area (Å²) in [6.45, 7) is 3.39. The lowest BCUT2D eigenvalue weighted by Crippen LogP contribution is -2.16. The molecule has 0 unspecified atom stereocenters. The zero-order valence-corrected chi connectivity index (χ0v) is 12.3. The van der Waals surface area contributed by atoms with Crippen LogP contribution in [-0.2, 0) is 6.54 Å². The van der Waals surface area contributed by atoms with Gasteiger partial charge in [-0.1, -0.05) is 18.5 Å². The van der Waals surface area contributed by atoms with E-state index in [0.717, 1.165) is 6.54 Å². The molecular formula is C12H16ClN5O2. The van der Waals surface area contributed by atoms with Gasteiger partial charge >= 0.3 is 0 Å². The van der Waals surface area contributed by atoms with Crippen LogP contribution in [0.4, 0.5) is 0 Å². The maximum absolute atomic E-state index is 6.09. The van der Waals surface area contributed by atoms with E-state index in [1.165, 1.54) is 0 Å². The van der Waals surface area contributed by atoms with Crippen molar-refractivity contribution >= 4 is 11.6 Å². The second-order valence-electron chi connectivity index (χ2n) is 3.95. The molecule has 0 fully saturated rings. The maximum atomic E-state index is 6.09. The van der Waals surface area contributed by atoms with Gasteiger partial charge in [0.2, 0.25) is 0 Å². The van der Waals surface area contributed by atoms with Crippen molar-refractivity contribution in [1.82, 2.24) is 25.5 Å². The SMILES string of the molecule is CCNCc1nnnn1-c1cc(OC)c(Cl)cc1OC. The van der Waals surface area contributed by atoms with Crippen molar-refractivity contribution < 1.29 is 9.47 Å². The molecule has 108 valence electrons. The van der Waals surface area contributed by atoms with E-state index in [1.807, 2.05) is 6.92 Å². The molecule has 0 saturated heterocycles. The zero-order valence-electron chi connectivity index (χ0n) is 11.6. The largest absolute Gasteiger partial charge is 0.495 e. The van der Waals surface area contributed by atoms with Crippen LogP contribution in [0.2, 0.25) is 5.02 Å². The normalized spacial score (nSPS) is 10.6. The maximum Gasteiger partial charge on any atom is 0.170 e. The lowest BCUT2D eigenvalue weighted by Gasteiger charge is -2.12. The van der Waals surface area contributed by atoms with E-state index in [0.29, 0.717) is 34.6 Å². The molecule has 0 saturated carbocycles. The van der Waals surface area contributed by atoms with Crippen molar-refractivity contribution in [2.24, 2.45) is 0 Å². The number of nitrogens with zero attached hydrogens (tertiary/aromatic N) is 4. The van der Waals surface area contributed by atoms with E-state index in [-0.39, 0.29) is 0 Å². The number of hydrogen-bond donors (Lipinski definition) is 1. The summed E-state index contributed by atoms with van der Waals surface area (Å²) >= 11 is 6.09. The minimum atomic E-state index is 0.467. The molecule has 0 aliphatic carbocycles. The molecule has 8 heteroatoms. The molecule has 1 heterocycles. The Morgan fingerprint density at radius 2 is 2.00 bits per heavy atom. The fourth-order valence-corrected chi connectivity index (χ4v) is 1.98. The van der Waals surface area contributed by atoms with Gasteiger partial charge in [0.15, 0.2) is 5.82 Å². The summed E-state index contributed by atoms with van der Waals surface area (Å²) in [4.78, 5) is 0. The van der Waals surface area contributed by atoms with E-state index >= 15 is 0 Å². The van der Waals surface area contributed by atoms with Crippen LogP contribution < -0.4 is 14.8 Å². The standard InChI is InChI=1S/C12H16ClN5O2/c1-4-14-7-12-15-16-17-18(12)9-6-10(19-2)8(13)5-11(9)20-3/h5-6,14H,4,7H2,1-3H3. The predicted octanol–water partition coefficient (Wildman–Crippen LogP) is 1.44. The van der Waals surface area contributed by atoms with Crippen LogP contribution in [0, 0.1) is 0 Å². The lowest BCUT2D eigenvalue weighted by molar-refractivity contribution is 0.400. The molecule has 7 nitrogen and oxygen atoms in total. The number of nitrogens with one attached hydrogen (secondary N) is 1. The highest BCUT2D eigenvalue weighted by Gasteiger charge is 2.16. The van der Waals surface area contributed by atoms with Gasteiger partial charge in [0.25, 0.3) is 0 Å². The monoisotopic (exact) mass is 297 g/mol. The molecule has 20 heavy (non-hydrogen) atoms. The smallest absolute Gasteiger partial charge is 0.170 e. The van der Waals surface area contributed by atoms with Crippen LogP contribution in [0.5, 0.6) is 11.5 Å².